The Morgan fingerprint density at radius 1 is 1.38 bits per heavy atom. The summed E-state index contributed by atoms with van der Waals surface area (Å²) in [5, 5.41) is 2.83. The quantitative estimate of drug-likeness (QED) is 0.761. The molecule has 108 valence electrons. The molecule has 0 aliphatic rings. The van der Waals surface area contributed by atoms with E-state index in [9.17, 15) is 4.79 Å². The summed E-state index contributed by atoms with van der Waals surface area (Å²) in [6, 6.07) is 9.41. The molecule has 1 amide bonds. The maximum atomic E-state index is 11.8. The van der Waals surface area contributed by atoms with Crippen LogP contribution in [0.2, 0.25) is 0 Å². The van der Waals surface area contributed by atoms with Crippen LogP contribution in [-0.2, 0) is 6.42 Å². The molecule has 3 rings (SSSR count). The summed E-state index contributed by atoms with van der Waals surface area (Å²) in [7, 11) is 0. The lowest BCUT2D eigenvalue weighted by molar-refractivity contribution is 0.0925. The van der Waals surface area contributed by atoms with Gasteiger partial charge in [0.15, 0.2) is 10.4 Å². The first kappa shape index (κ1) is 13.9. The van der Waals surface area contributed by atoms with E-state index in [-0.39, 0.29) is 5.91 Å². The van der Waals surface area contributed by atoms with Crippen molar-refractivity contribution in [1.82, 2.24) is 15.3 Å². The van der Waals surface area contributed by atoms with Crippen LogP contribution in [0.15, 0.2) is 39.4 Å². The molecule has 2 aromatic heterocycles. The van der Waals surface area contributed by atoms with Crippen molar-refractivity contribution in [2.45, 2.75) is 13.3 Å². The molecular weight excluding hydrogens is 334 g/mol. The number of benzene rings is 1. The molecule has 0 spiro atoms. The Hall–Kier alpha value is -2.08. The van der Waals surface area contributed by atoms with Crippen LogP contribution in [0.1, 0.15) is 21.9 Å². The van der Waals surface area contributed by atoms with Crippen molar-refractivity contribution in [2.75, 3.05) is 6.54 Å². The number of aromatic amines is 1. The number of aryl methyl sites for hydroxylation is 1. The molecule has 0 fully saturated rings. The fraction of sp³-hybridized carbons (Fsp3) is 0.200. The number of H-pyrrole nitrogens is 1. The van der Waals surface area contributed by atoms with Crippen molar-refractivity contribution in [3.8, 4) is 0 Å². The van der Waals surface area contributed by atoms with E-state index < -0.39 is 0 Å². The van der Waals surface area contributed by atoms with Gasteiger partial charge in [-0.2, -0.15) is 0 Å². The van der Waals surface area contributed by atoms with Crippen LogP contribution < -0.4 is 5.32 Å². The first-order chi connectivity index (χ1) is 10.1. The third-order valence-corrected chi connectivity index (χ3v) is 3.59. The summed E-state index contributed by atoms with van der Waals surface area (Å²) in [4.78, 5) is 19.4. The van der Waals surface area contributed by atoms with Crippen molar-refractivity contribution in [2.24, 2.45) is 0 Å². The van der Waals surface area contributed by atoms with E-state index in [1.54, 1.807) is 12.1 Å². The number of carbonyl (C=O) groups is 1. The number of amides is 1. The number of halogens is 1. The molecule has 6 heteroatoms. The van der Waals surface area contributed by atoms with Crippen molar-refractivity contribution in [1.29, 1.82) is 0 Å². The van der Waals surface area contributed by atoms with Crippen LogP contribution in [0.3, 0.4) is 0 Å². The van der Waals surface area contributed by atoms with Crippen molar-refractivity contribution >= 4 is 32.9 Å². The molecule has 2 heterocycles. The predicted molar refractivity (Wildman–Crippen MR) is 83.3 cm³/mol. The van der Waals surface area contributed by atoms with E-state index in [4.69, 9.17) is 4.42 Å². The molecule has 21 heavy (non-hydrogen) atoms. The lowest BCUT2D eigenvalue weighted by Gasteiger charge is -2.03. The molecule has 2 N–H and O–H groups in total. The standard InChI is InChI=1S/C15H14BrN3O2/c1-9-18-11-3-2-10(8-12(11)19-9)6-7-17-15(20)13-4-5-14(16)21-13/h2-5,8H,6-7H2,1H3,(H,17,20)(H,18,19). The van der Waals surface area contributed by atoms with Gasteiger partial charge < -0.3 is 14.7 Å². The first-order valence-electron chi connectivity index (χ1n) is 6.60. The van der Waals surface area contributed by atoms with E-state index in [1.165, 1.54) is 0 Å². The number of aromatic nitrogens is 2. The molecule has 0 unspecified atom stereocenters. The number of fused-ring (bicyclic) bond motifs is 1. The third-order valence-electron chi connectivity index (χ3n) is 3.16. The minimum absolute atomic E-state index is 0.209. The van der Waals surface area contributed by atoms with Crippen LogP contribution in [-0.4, -0.2) is 22.4 Å². The molecular formula is C15H14BrN3O2. The monoisotopic (exact) mass is 347 g/mol. The second-order valence-electron chi connectivity index (χ2n) is 4.78. The average Bonchev–Trinajstić information content (AvgIpc) is 3.03. The Morgan fingerprint density at radius 3 is 3.00 bits per heavy atom. The Labute approximate surface area is 129 Å². The number of furan rings is 1. The average molecular weight is 348 g/mol. The Balaban J connectivity index is 1.60. The zero-order valence-corrected chi connectivity index (χ0v) is 13.0. The molecule has 1 aromatic carbocycles. The topological polar surface area (TPSA) is 70.9 Å². The van der Waals surface area contributed by atoms with E-state index >= 15 is 0 Å². The molecule has 0 atom stereocenters. The lowest BCUT2D eigenvalue weighted by atomic mass is 10.1. The molecule has 5 nitrogen and oxygen atoms in total. The summed E-state index contributed by atoms with van der Waals surface area (Å²) in [5.74, 6) is 1.000. The third kappa shape index (κ3) is 3.16. The van der Waals surface area contributed by atoms with Gasteiger partial charge in [0.25, 0.3) is 5.91 Å². The Kier molecular flexibility index (Phi) is 3.79. The second-order valence-corrected chi connectivity index (χ2v) is 5.56. The van der Waals surface area contributed by atoms with Gasteiger partial charge in [-0.1, -0.05) is 6.07 Å². The van der Waals surface area contributed by atoms with E-state index in [2.05, 4.69) is 37.3 Å². The molecule has 0 bridgehead atoms. The first-order valence-corrected chi connectivity index (χ1v) is 7.40. The van der Waals surface area contributed by atoms with Crippen molar-refractivity contribution in [3.63, 3.8) is 0 Å². The number of hydrogen-bond donors (Lipinski definition) is 2. The zero-order chi connectivity index (χ0) is 14.8. The second kappa shape index (κ2) is 5.73. The van der Waals surface area contributed by atoms with Gasteiger partial charge in [0.1, 0.15) is 5.82 Å². The minimum atomic E-state index is -0.209. The molecule has 0 saturated carbocycles. The summed E-state index contributed by atoms with van der Waals surface area (Å²) in [5.41, 5.74) is 3.12. The highest BCUT2D eigenvalue weighted by atomic mass is 79.9. The van der Waals surface area contributed by atoms with Gasteiger partial charge in [-0.15, -0.1) is 0 Å². The lowest BCUT2D eigenvalue weighted by Crippen LogP contribution is -2.25. The number of nitrogens with zero attached hydrogens (tertiary/aromatic N) is 1. The molecule has 0 aliphatic carbocycles. The largest absolute Gasteiger partial charge is 0.444 e. The summed E-state index contributed by atoms with van der Waals surface area (Å²) >= 11 is 3.17. The fourth-order valence-electron chi connectivity index (χ4n) is 2.18. The van der Waals surface area contributed by atoms with Gasteiger partial charge in [0, 0.05) is 6.54 Å². The number of imidazole rings is 1. The van der Waals surface area contributed by atoms with Gasteiger partial charge in [-0.05, 0) is 59.1 Å². The van der Waals surface area contributed by atoms with Crippen LogP contribution in [0.5, 0.6) is 0 Å². The van der Waals surface area contributed by atoms with Gasteiger partial charge in [0.05, 0.1) is 11.0 Å². The molecule has 0 saturated heterocycles. The van der Waals surface area contributed by atoms with Crippen molar-refractivity contribution in [3.05, 3.63) is 52.1 Å². The number of nitrogens with one attached hydrogen (secondary N) is 2. The maximum Gasteiger partial charge on any atom is 0.287 e. The zero-order valence-electron chi connectivity index (χ0n) is 11.4. The smallest absolute Gasteiger partial charge is 0.287 e. The van der Waals surface area contributed by atoms with Gasteiger partial charge in [0.2, 0.25) is 0 Å². The minimum Gasteiger partial charge on any atom is -0.444 e. The molecule has 0 radical (unpaired) electrons. The van der Waals surface area contributed by atoms with Crippen LogP contribution in [0, 0.1) is 6.92 Å². The number of hydrogen-bond acceptors (Lipinski definition) is 3. The Bertz CT molecular complexity index is 791. The maximum absolute atomic E-state index is 11.8. The SMILES string of the molecule is Cc1nc2ccc(CCNC(=O)c3ccc(Br)o3)cc2[nH]1. The van der Waals surface area contributed by atoms with E-state index in [0.29, 0.717) is 17.0 Å². The summed E-state index contributed by atoms with van der Waals surface area (Å²) in [6.45, 7) is 2.48. The highest BCUT2D eigenvalue weighted by Gasteiger charge is 2.09. The Morgan fingerprint density at radius 2 is 2.24 bits per heavy atom. The predicted octanol–water partition coefficient (Wildman–Crippen LogP) is 3.20. The molecule has 3 aromatic rings. The van der Waals surface area contributed by atoms with Gasteiger partial charge >= 0.3 is 0 Å². The highest BCUT2D eigenvalue weighted by Crippen LogP contribution is 2.15. The normalized spacial score (nSPS) is 11.0. The fourth-order valence-corrected chi connectivity index (χ4v) is 2.49. The molecule has 0 aliphatic heterocycles. The summed E-state index contributed by atoms with van der Waals surface area (Å²) < 4.78 is 5.75. The van der Waals surface area contributed by atoms with Gasteiger partial charge in [-0.25, -0.2) is 4.98 Å². The van der Waals surface area contributed by atoms with Gasteiger partial charge in [-0.3, -0.25) is 4.79 Å². The van der Waals surface area contributed by atoms with E-state index in [1.807, 2.05) is 19.1 Å². The van der Waals surface area contributed by atoms with Crippen LogP contribution in [0.4, 0.5) is 0 Å². The van der Waals surface area contributed by atoms with Crippen LogP contribution in [0.25, 0.3) is 11.0 Å². The van der Waals surface area contributed by atoms with Crippen LogP contribution >= 0.6 is 15.9 Å². The number of carbonyl (C=O) groups excluding carboxylic acids is 1. The van der Waals surface area contributed by atoms with E-state index in [0.717, 1.165) is 28.8 Å². The summed E-state index contributed by atoms with van der Waals surface area (Å²) in [6.07, 6.45) is 0.752. The number of rotatable bonds is 4. The highest BCUT2D eigenvalue weighted by molar-refractivity contribution is 9.10. The van der Waals surface area contributed by atoms with Crippen molar-refractivity contribution < 1.29 is 9.21 Å².